The van der Waals surface area contributed by atoms with Crippen molar-refractivity contribution < 1.29 is 22.3 Å². The minimum Gasteiger partial charge on any atom is -0.768 e. The van der Waals surface area contributed by atoms with E-state index in [4.69, 9.17) is 21.3 Å². The van der Waals surface area contributed by atoms with Crippen LogP contribution < -0.4 is 10.6 Å². The van der Waals surface area contributed by atoms with Gasteiger partial charge >= 0.3 is 0 Å². The molecule has 2 aliphatic heterocycles. The van der Waals surface area contributed by atoms with Crippen LogP contribution in [0.1, 0.15) is 32.0 Å². The fourth-order valence-corrected chi connectivity index (χ4v) is 4.68. The largest absolute Gasteiger partial charge is 0.768 e. The minimum atomic E-state index is -2.98. The van der Waals surface area contributed by atoms with Crippen LogP contribution >= 0.6 is 11.8 Å². The predicted octanol–water partition coefficient (Wildman–Crippen LogP) is 2.60. The van der Waals surface area contributed by atoms with E-state index in [2.05, 4.69) is 16.8 Å². The van der Waals surface area contributed by atoms with Crippen molar-refractivity contribution in [1.29, 1.82) is 10.8 Å². The molecule has 0 radical (unpaired) electrons. The normalized spacial score (nSPS) is 21.0. The van der Waals surface area contributed by atoms with Crippen molar-refractivity contribution in [2.45, 2.75) is 43.0 Å². The highest BCUT2D eigenvalue weighted by Gasteiger charge is 2.45. The lowest BCUT2D eigenvalue weighted by atomic mass is 9.85. The third-order valence-corrected chi connectivity index (χ3v) is 7.43. The zero-order chi connectivity index (χ0) is 24.0. The number of aromatic nitrogens is 2. The molecule has 4 heterocycles. The van der Waals surface area contributed by atoms with Crippen LogP contribution in [0.15, 0.2) is 23.4 Å². The van der Waals surface area contributed by atoms with Gasteiger partial charge in [0.15, 0.2) is 5.82 Å². The van der Waals surface area contributed by atoms with Gasteiger partial charge in [-0.25, -0.2) is 13.8 Å². The first-order valence-electron chi connectivity index (χ1n) is 10.4. The SMILES string of the molecule is CC1(N)CC1.N=C(SC(=N)C(F)F)c1ncc2c(N3CCC4(COC4)C3)cc(S(=O)[O-])cn12. The number of rotatable bonds is 4. The molecule has 4 N–H and O–H groups in total. The Morgan fingerprint density at radius 3 is 2.52 bits per heavy atom. The summed E-state index contributed by atoms with van der Waals surface area (Å²) in [5, 5.41) is 14.0. The van der Waals surface area contributed by atoms with Gasteiger partial charge in [0.2, 0.25) is 0 Å². The number of halogens is 2. The van der Waals surface area contributed by atoms with E-state index in [1.807, 2.05) is 0 Å². The molecule has 5 rings (SSSR count). The number of hydrogen-bond donors (Lipinski definition) is 3. The third-order valence-electron chi connectivity index (χ3n) is 6.03. The first-order chi connectivity index (χ1) is 15.5. The van der Waals surface area contributed by atoms with Gasteiger partial charge in [-0.05, 0) is 55.1 Å². The Balaban J connectivity index is 0.000000459. The molecule has 2 aromatic rings. The Labute approximate surface area is 196 Å². The van der Waals surface area contributed by atoms with Gasteiger partial charge in [-0.2, -0.15) is 0 Å². The van der Waals surface area contributed by atoms with E-state index in [1.165, 1.54) is 29.6 Å². The number of nitrogens with one attached hydrogen (secondary N) is 2. The molecule has 2 saturated heterocycles. The molecule has 2 aromatic heterocycles. The van der Waals surface area contributed by atoms with Crippen LogP contribution in [-0.4, -0.2) is 66.5 Å². The van der Waals surface area contributed by atoms with Gasteiger partial charge in [0.25, 0.3) is 6.43 Å². The summed E-state index contributed by atoms with van der Waals surface area (Å²) >= 11 is -2.22. The molecule has 1 saturated carbocycles. The summed E-state index contributed by atoms with van der Waals surface area (Å²) in [5.74, 6) is 0.0137. The monoisotopic (exact) mass is 499 g/mol. The number of alkyl halides is 2. The quantitative estimate of drug-likeness (QED) is 0.333. The summed E-state index contributed by atoms with van der Waals surface area (Å²) < 4.78 is 55.2. The van der Waals surface area contributed by atoms with Crippen molar-refractivity contribution >= 4 is 44.1 Å². The molecule has 3 aliphatic rings. The molecular weight excluding hydrogens is 474 g/mol. The first-order valence-corrected chi connectivity index (χ1v) is 12.2. The molecular formula is C20H25F2N6O3S2-. The summed E-state index contributed by atoms with van der Waals surface area (Å²) in [6.45, 7) is 4.88. The number of nitrogens with two attached hydrogens (primary N) is 1. The lowest BCUT2D eigenvalue weighted by Gasteiger charge is -2.38. The fourth-order valence-electron chi connectivity index (χ4n) is 3.73. The smallest absolute Gasteiger partial charge is 0.285 e. The number of anilines is 1. The maximum atomic E-state index is 12.6. The van der Waals surface area contributed by atoms with Crippen molar-refractivity contribution in [2.24, 2.45) is 11.1 Å². The number of imidazole rings is 1. The highest BCUT2D eigenvalue weighted by molar-refractivity contribution is 8.26. The van der Waals surface area contributed by atoms with Crippen LogP contribution in [0.3, 0.4) is 0 Å². The standard InChI is InChI=1S/C16H17F2N5O3S2.C4H9N/c17-12(18)13(19)27-14(20)15-21-4-11-10(3-9(28(24)25)5-23(11)15)22-2-1-16(6-22)7-26-8-16;1-4(5)2-3-4/h3-5,12,19-20H,1-2,6-8H2,(H,24,25);2-3,5H2,1H3/p-1. The van der Waals surface area contributed by atoms with E-state index in [9.17, 15) is 17.5 Å². The second-order valence-corrected chi connectivity index (χ2v) is 11.0. The maximum absolute atomic E-state index is 12.6. The van der Waals surface area contributed by atoms with Crippen LogP contribution in [0.5, 0.6) is 0 Å². The van der Waals surface area contributed by atoms with Gasteiger partial charge in [0, 0.05) is 35.1 Å². The van der Waals surface area contributed by atoms with Gasteiger partial charge in [-0.1, -0.05) is 0 Å². The minimum absolute atomic E-state index is 0.00861. The maximum Gasteiger partial charge on any atom is 0.285 e. The zero-order valence-electron chi connectivity index (χ0n) is 18.0. The second-order valence-electron chi connectivity index (χ2n) is 9.05. The number of nitrogens with zero attached hydrogens (tertiary/aromatic N) is 3. The average Bonchev–Trinajstić information content (AvgIpc) is 3.13. The van der Waals surface area contributed by atoms with Crippen molar-refractivity contribution in [2.75, 3.05) is 31.2 Å². The summed E-state index contributed by atoms with van der Waals surface area (Å²) in [6, 6.07) is 1.56. The number of fused-ring (bicyclic) bond motifs is 1. The second kappa shape index (κ2) is 9.02. The molecule has 1 aliphatic carbocycles. The summed E-state index contributed by atoms with van der Waals surface area (Å²) in [4.78, 5) is 6.21. The number of ether oxygens (including phenoxy) is 1. The lowest BCUT2D eigenvalue weighted by Crippen LogP contribution is -2.44. The highest BCUT2D eigenvalue weighted by atomic mass is 32.2. The summed E-state index contributed by atoms with van der Waals surface area (Å²) in [5.41, 5.74) is 7.04. The van der Waals surface area contributed by atoms with E-state index in [0.29, 0.717) is 36.2 Å². The van der Waals surface area contributed by atoms with Crippen LogP contribution in [0, 0.1) is 16.2 Å². The molecule has 9 nitrogen and oxygen atoms in total. The molecule has 3 fully saturated rings. The van der Waals surface area contributed by atoms with Crippen LogP contribution in [0.4, 0.5) is 14.5 Å². The van der Waals surface area contributed by atoms with Crippen molar-refractivity contribution in [3.05, 3.63) is 24.3 Å². The van der Waals surface area contributed by atoms with Crippen LogP contribution in [0.2, 0.25) is 0 Å². The summed E-state index contributed by atoms with van der Waals surface area (Å²) in [6.07, 6.45) is 3.21. The van der Waals surface area contributed by atoms with Crippen molar-refractivity contribution in [1.82, 2.24) is 9.38 Å². The molecule has 33 heavy (non-hydrogen) atoms. The van der Waals surface area contributed by atoms with E-state index in [1.54, 1.807) is 6.07 Å². The van der Waals surface area contributed by atoms with Gasteiger partial charge in [-0.3, -0.25) is 19.4 Å². The Morgan fingerprint density at radius 2 is 2.03 bits per heavy atom. The van der Waals surface area contributed by atoms with E-state index < -0.39 is 22.5 Å². The Hall–Kier alpha value is -1.93. The number of pyridine rings is 1. The average molecular weight is 500 g/mol. The number of hydrogen-bond acceptors (Lipinski definition) is 9. The molecule has 13 heteroatoms. The predicted molar refractivity (Wildman–Crippen MR) is 122 cm³/mol. The number of thioether (sulfide) groups is 1. The van der Waals surface area contributed by atoms with E-state index in [-0.39, 0.29) is 26.7 Å². The Morgan fingerprint density at radius 1 is 1.36 bits per heavy atom. The molecule has 180 valence electrons. The first kappa shape index (κ1) is 24.2. The molecule has 1 spiro atoms. The van der Waals surface area contributed by atoms with Gasteiger partial charge in [0.1, 0.15) is 10.1 Å². The molecule has 0 bridgehead atoms. The van der Waals surface area contributed by atoms with Crippen molar-refractivity contribution in [3.8, 4) is 0 Å². The zero-order valence-corrected chi connectivity index (χ0v) is 19.6. The lowest BCUT2D eigenvalue weighted by molar-refractivity contribution is -0.0985. The topological polar surface area (TPSA) is 144 Å². The third kappa shape index (κ3) is 5.27. The van der Waals surface area contributed by atoms with Crippen molar-refractivity contribution in [3.63, 3.8) is 0 Å². The van der Waals surface area contributed by atoms with Gasteiger partial charge in [0.05, 0.1) is 30.6 Å². The fraction of sp³-hybridized carbons (Fsp3) is 0.550. The van der Waals surface area contributed by atoms with E-state index in [0.717, 1.165) is 19.5 Å². The molecule has 1 unspecified atom stereocenters. The highest BCUT2D eigenvalue weighted by Crippen LogP contribution is 2.41. The van der Waals surface area contributed by atoms with E-state index >= 15 is 0 Å². The molecule has 1 atom stereocenters. The molecule has 0 aromatic carbocycles. The van der Waals surface area contributed by atoms with Crippen LogP contribution in [0.25, 0.3) is 5.52 Å². The van der Waals surface area contributed by atoms with Crippen LogP contribution in [-0.2, 0) is 15.8 Å². The van der Waals surface area contributed by atoms with Gasteiger partial charge < -0.3 is 19.9 Å². The Bertz CT molecular complexity index is 1110. The van der Waals surface area contributed by atoms with Gasteiger partial charge in [-0.15, -0.1) is 0 Å². The molecule has 0 amide bonds. The Kier molecular flexibility index (Phi) is 6.62. The summed E-state index contributed by atoms with van der Waals surface area (Å²) in [7, 11) is 0.